The third-order valence-electron chi connectivity index (χ3n) is 4.93. The molecule has 0 amide bonds. The molecule has 0 aliphatic carbocycles. The molecule has 0 spiro atoms. The summed E-state index contributed by atoms with van der Waals surface area (Å²) >= 11 is 0. The fraction of sp³-hybridized carbons (Fsp3) is 0.227. The average molecular weight is 375 g/mol. The van der Waals surface area contributed by atoms with Gasteiger partial charge in [0.25, 0.3) is 0 Å². The number of aliphatic imine (C=N–C) groups is 1. The maximum absolute atomic E-state index is 13.1. The Kier molecular flexibility index (Phi) is 4.93. The molecule has 6 nitrogen and oxygen atoms in total. The number of aromatic amines is 1. The lowest BCUT2D eigenvalue weighted by Crippen LogP contribution is -2.35. The number of ether oxygens (including phenoxy) is 2. The molecule has 3 aromatic rings. The number of hydrogen-bond donors (Lipinski definition) is 1. The molecule has 1 N–H and O–H groups in total. The Morgan fingerprint density at radius 2 is 1.82 bits per heavy atom. The van der Waals surface area contributed by atoms with Crippen molar-refractivity contribution in [1.82, 2.24) is 10.2 Å². The molecule has 6 heteroatoms. The van der Waals surface area contributed by atoms with Crippen LogP contribution in [0.15, 0.2) is 65.8 Å². The largest absolute Gasteiger partial charge is 0.496 e. The summed E-state index contributed by atoms with van der Waals surface area (Å²) in [4.78, 5) is 17.9. The van der Waals surface area contributed by atoms with Gasteiger partial charge in [-0.1, -0.05) is 48.5 Å². The quantitative estimate of drug-likeness (QED) is 0.687. The molecule has 0 fully saturated rings. The second-order valence-corrected chi connectivity index (χ2v) is 6.49. The van der Waals surface area contributed by atoms with Crippen LogP contribution in [0.2, 0.25) is 0 Å². The molecule has 142 valence electrons. The second-order valence-electron chi connectivity index (χ2n) is 6.49. The fourth-order valence-corrected chi connectivity index (χ4v) is 3.74. The van der Waals surface area contributed by atoms with E-state index in [1.165, 1.54) is 0 Å². The van der Waals surface area contributed by atoms with Crippen LogP contribution in [0.5, 0.6) is 5.75 Å². The Bertz CT molecular complexity index is 1010. The summed E-state index contributed by atoms with van der Waals surface area (Å²) in [7, 11) is 1.63. The first kappa shape index (κ1) is 18.0. The van der Waals surface area contributed by atoms with Gasteiger partial charge in [0.2, 0.25) is 0 Å². The number of fused-ring (bicyclic) bond motifs is 1. The van der Waals surface area contributed by atoms with Gasteiger partial charge in [0.05, 0.1) is 25.6 Å². The van der Waals surface area contributed by atoms with E-state index in [1.807, 2.05) is 54.6 Å². The van der Waals surface area contributed by atoms with Gasteiger partial charge in [-0.2, -0.15) is 5.10 Å². The smallest absolute Gasteiger partial charge is 0.316 e. The summed E-state index contributed by atoms with van der Waals surface area (Å²) in [5, 5.41) is 7.13. The molecular formula is C22H21N3O3. The number of hydrogen-bond acceptors (Lipinski definition) is 5. The third-order valence-corrected chi connectivity index (χ3v) is 4.93. The van der Waals surface area contributed by atoms with Crippen molar-refractivity contribution in [3.63, 3.8) is 0 Å². The van der Waals surface area contributed by atoms with Crippen molar-refractivity contribution >= 4 is 17.5 Å². The minimum absolute atomic E-state index is 0.300. The Morgan fingerprint density at radius 3 is 2.57 bits per heavy atom. The minimum Gasteiger partial charge on any atom is -0.496 e. The van der Waals surface area contributed by atoms with Crippen LogP contribution in [-0.4, -0.2) is 35.6 Å². The SMILES string of the molecule is CCOC(=O)C1C(c2ccccc2)=Nc2[nH]ncc2C1c1ccccc1OC. The maximum atomic E-state index is 13.1. The topological polar surface area (TPSA) is 76.6 Å². The first-order chi connectivity index (χ1) is 13.7. The van der Waals surface area contributed by atoms with Crippen LogP contribution < -0.4 is 4.74 Å². The van der Waals surface area contributed by atoms with E-state index in [9.17, 15) is 4.79 Å². The van der Waals surface area contributed by atoms with Gasteiger partial charge < -0.3 is 9.47 Å². The number of nitrogens with zero attached hydrogens (tertiary/aromatic N) is 2. The lowest BCUT2D eigenvalue weighted by Gasteiger charge is -2.31. The van der Waals surface area contributed by atoms with Crippen molar-refractivity contribution in [2.45, 2.75) is 12.8 Å². The van der Waals surface area contributed by atoms with Gasteiger partial charge in [0.1, 0.15) is 11.7 Å². The van der Waals surface area contributed by atoms with Gasteiger partial charge in [0, 0.05) is 17.0 Å². The highest BCUT2D eigenvalue weighted by molar-refractivity contribution is 6.14. The van der Waals surface area contributed by atoms with Gasteiger partial charge >= 0.3 is 5.97 Å². The molecule has 2 atom stereocenters. The van der Waals surface area contributed by atoms with Crippen molar-refractivity contribution < 1.29 is 14.3 Å². The van der Waals surface area contributed by atoms with Crippen LogP contribution in [0.3, 0.4) is 0 Å². The van der Waals surface area contributed by atoms with Crippen molar-refractivity contribution in [3.8, 4) is 5.75 Å². The van der Waals surface area contributed by atoms with Gasteiger partial charge in [0.15, 0.2) is 5.82 Å². The lowest BCUT2D eigenvalue weighted by molar-refractivity contribution is -0.145. The zero-order chi connectivity index (χ0) is 19.5. The number of benzene rings is 2. The van der Waals surface area contributed by atoms with Crippen LogP contribution in [-0.2, 0) is 9.53 Å². The summed E-state index contributed by atoms with van der Waals surface area (Å²) in [6, 6.07) is 17.4. The van der Waals surface area contributed by atoms with E-state index in [2.05, 4.69) is 10.2 Å². The molecule has 0 radical (unpaired) electrons. The fourth-order valence-electron chi connectivity index (χ4n) is 3.74. The molecule has 0 bridgehead atoms. The molecule has 0 saturated carbocycles. The van der Waals surface area contributed by atoms with Gasteiger partial charge in [-0.3, -0.25) is 9.89 Å². The molecule has 4 rings (SSSR count). The standard InChI is InChI=1S/C22H21N3O3/c1-3-28-22(26)19-18(15-11-7-8-12-17(15)27-2)16-13-23-25-21(16)24-20(19)14-9-5-4-6-10-14/h4-13,18-19H,3H2,1-2H3,(H,23,25). The molecule has 2 aromatic carbocycles. The number of aromatic nitrogens is 2. The normalized spacial score (nSPS) is 18.1. The predicted octanol–water partition coefficient (Wildman–Crippen LogP) is 3.86. The molecule has 1 aliphatic rings. The van der Waals surface area contributed by atoms with E-state index in [4.69, 9.17) is 14.5 Å². The first-order valence-electron chi connectivity index (χ1n) is 9.21. The van der Waals surface area contributed by atoms with E-state index in [0.717, 1.165) is 16.7 Å². The highest BCUT2D eigenvalue weighted by Gasteiger charge is 2.42. The van der Waals surface area contributed by atoms with Crippen LogP contribution in [0, 0.1) is 5.92 Å². The van der Waals surface area contributed by atoms with E-state index < -0.39 is 5.92 Å². The molecule has 2 heterocycles. The number of rotatable bonds is 5. The molecule has 2 unspecified atom stereocenters. The summed E-state index contributed by atoms with van der Waals surface area (Å²) in [6.45, 7) is 2.11. The summed E-state index contributed by atoms with van der Waals surface area (Å²) in [6.07, 6.45) is 1.73. The Morgan fingerprint density at radius 1 is 1.07 bits per heavy atom. The summed E-state index contributed by atoms with van der Waals surface area (Å²) in [5.41, 5.74) is 3.28. The number of para-hydroxylation sites is 1. The van der Waals surface area contributed by atoms with Crippen LogP contribution in [0.4, 0.5) is 5.82 Å². The van der Waals surface area contributed by atoms with Gasteiger partial charge in [-0.15, -0.1) is 0 Å². The summed E-state index contributed by atoms with van der Waals surface area (Å²) in [5.74, 6) is 0.117. The molecule has 1 aromatic heterocycles. The van der Waals surface area contributed by atoms with Gasteiger partial charge in [-0.05, 0) is 18.6 Å². The van der Waals surface area contributed by atoms with E-state index >= 15 is 0 Å². The maximum Gasteiger partial charge on any atom is 0.316 e. The molecular weight excluding hydrogens is 354 g/mol. The highest BCUT2D eigenvalue weighted by atomic mass is 16.5. The molecule has 1 aliphatic heterocycles. The van der Waals surface area contributed by atoms with Crippen LogP contribution in [0.25, 0.3) is 0 Å². The number of carbonyl (C=O) groups is 1. The minimum atomic E-state index is -0.608. The highest BCUT2D eigenvalue weighted by Crippen LogP contribution is 2.45. The van der Waals surface area contributed by atoms with E-state index in [0.29, 0.717) is 23.9 Å². The monoisotopic (exact) mass is 375 g/mol. The summed E-state index contributed by atoms with van der Waals surface area (Å²) < 4.78 is 11.1. The van der Waals surface area contributed by atoms with E-state index in [-0.39, 0.29) is 11.9 Å². The Labute approximate surface area is 163 Å². The van der Waals surface area contributed by atoms with Crippen molar-refractivity contribution in [2.24, 2.45) is 10.9 Å². The van der Waals surface area contributed by atoms with E-state index in [1.54, 1.807) is 20.2 Å². The lowest BCUT2D eigenvalue weighted by atomic mass is 9.75. The van der Waals surface area contributed by atoms with Crippen LogP contribution in [0.1, 0.15) is 29.5 Å². The Hall–Kier alpha value is -3.41. The first-order valence-corrected chi connectivity index (χ1v) is 9.21. The number of methoxy groups -OCH3 is 1. The Balaban J connectivity index is 1.95. The van der Waals surface area contributed by atoms with Crippen molar-refractivity contribution in [1.29, 1.82) is 0 Å². The van der Waals surface area contributed by atoms with Crippen molar-refractivity contribution in [2.75, 3.05) is 13.7 Å². The van der Waals surface area contributed by atoms with Crippen molar-refractivity contribution in [3.05, 3.63) is 77.5 Å². The second kappa shape index (κ2) is 7.68. The van der Waals surface area contributed by atoms with Crippen LogP contribution >= 0.6 is 0 Å². The number of carbonyl (C=O) groups excluding carboxylic acids is 1. The third kappa shape index (κ3) is 3.07. The van der Waals surface area contributed by atoms with Gasteiger partial charge in [-0.25, -0.2) is 4.99 Å². The molecule has 0 saturated heterocycles. The predicted molar refractivity (Wildman–Crippen MR) is 106 cm³/mol. The zero-order valence-electron chi connectivity index (χ0n) is 15.8. The molecule has 28 heavy (non-hydrogen) atoms. The number of nitrogens with one attached hydrogen (secondary N) is 1. The number of esters is 1. The average Bonchev–Trinajstić information content (AvgIpc) is 3.21. The number of H-pyrrole nitrogens is 1. The zero-order valence-corrected chi connectivity index (χ0v) is 15.8.